The minimum Gasteiger partial charge on any atom is -0.380 e. The molecule has 0 N–H and O–H groups in total. The van der Waals surface area contributed by atoms with Gasteiger partial charge in [0, 0.05) is 23.9 Å². The van der Waals surface area contributed by atoms with Crippen molar-refractivity contribution in [2.24, 2.45) is 10.8 Å². The number of nitrogens with zero attached hydrogens (tertiary/aromatic N) is 1. The van der Waals surface area contributed by atoms with Crippen LogP contribution in [-0.2, 0) is 9.53 Å². The van der Waals surface area contributed by atoms with E-state index in [9.17, 15) is 4.79 Å². The number of hydrogen-bond donors (Lipinski definition) is 0. The van der Waals surface area contributed by atoms with Gasteiger partial charge in [-0.15, -0.1) is 0 Å². The zero-order chi connectivity index (χ0) is 10.4. The molecule has 2 aliphatic rings. The number of carbonyl (C=O) groups excluding carboxylic acids is 1. The van der Waals surface area contributed by atoms with Crippen LogP contribution < -0.4 is 0 Å². The van der Waals surface area contributed by atoms with Gasteiger partial charge in [0.25, 0.3) is 0 Å². The Kier molecular flexibility index (Phi) is 1.96. The third kappa shape index (κ3) is 1.12. The molecule has 0 aromatic heterocycles. The van der Waals surface area contributed by atoms with Gasteiger partial charge in [0.1, 0.15) is 0 Å². The second-order valence-electron chi connectivity index (χ2n) is 5.01. The van der Waals surface area contributed by atoms with E-state index in [1.54, 1.807) is 0 Å². The molecule has 1 amide bonds. The Morgan fingerprint density at radius 3 is 2.29 bits per heavy atom. The lowest BCUT2D eigenvalue weighted by Gasteiger charge is -2.29. The van der Waals surface area contributed by atoms with Gasteiger partial charge in [-0.05, 0) is 6.08 Å². The van der Waals surface area contributed by atoms with E-state index < -0.39 is 0 Å². The summed E-state index contributed by atoms with van der Waals surface area (Å²) < 4.78 is 5.52. The van der Waals surface area contributed by atoms with Crippen LogP contribution in [0.4, 0.5) is 0 Å². The molecule has 2 rings (SSSR count). The minimum absolute atomic E-state index is 0.0434. The van der Waals surface area contributed by atoms with E-state index >= 15 is 0 Å². The molecule has 0 saturated carbocycles. The number of rotatable bonds is 1. The first-order chi connectivity index (χ1) is 6.51. The molecule has 0 aromatic carbocycles. The number of likely N-dealkylation sites (tertiary alicyclic amines) is 1. The first-order valence-corrected chi connectivity index (χ1v) is 5.00. The smallest absolute Gasteiger partial charge is 0.245 e. The number of carbonyl (C=O) groups is 1. The van der Waals surface area contributed by atoms with Gasteiger partial charge >= 0.3 is 0 Å². The van der Waals surface area contributed by atoms with Crippen molar-refractivity contribution in [1.82, 2.24) is 4.90 Å². The highest BCUT2D eigenvalue weighted by Crippen LogP contribution is 2.50. The van der Waals surface area contributed by atoms with Crippen molar-refractivity contribution in [3.63, 3.8) is 0 Å². The molecule has 3 nitrogen and oxygen atoms in total. The van der Waals surface area contributed by atoms with Crippen molar-refractivity contribution >= 4 is 5.91 Å². The maximum absolute atomic E-state index is 11.5. The molecule has 0 spiro atoms. The highest BCUT2D eigenvalue weighted by molar-refractivity contribution is 5.87. The third-order valence-electron chi connectivity index (χ3n) is 3.86. The van der Waals surface area contributed by atoms with Crippen LogP contribution in [0.5, 0.6) is 0 Å². The molecular formula is C11H17NO2. The van der Waals surface area contributed by atoms with Gasteiger partial charge in [0.15, 0.2) is 0 Å². The zero-order valence-corrected chi connectivity index (χ0v) is 8.88. The lowest BCUT2D eigenvalue weighted by Crippen LogP contribution is -2.34. The molecule has 78 valence electrons. The van der Waals surface area contributed by atoms with Crippen LogP contribution in [0.1, 0.15) is 13.8 Å². The van der Waals surface area contributed by atoms with Crippen molar-refractivity contribution < 1.29 is 9.53 Å². The van der Waals surface area contributed by atoms with Gasteiger partial charge in [-0.1, -0.05) is 20.4 Å². The molecule has 0 radical (unpaired) electrons. The average molecular weight is 195 g/mol. The van der Waals surface area contributed by atoms with E-state index in [1.165, 1.54) is 6.08 Å². The van der Waals surface area contributed by atoms with Crippen LogP contribution in [0, 0.1) is 10.8 Å². The maximum Gasteiger partial charge on any atom is 0.245 e. The van der Waals surface area contributed by atoms with Gasteiger partial charge in [0.05, 0.1) is 13.2 Å². The summed E-state index contributed by atoms with van der Waals surface area (Å²) in [5.74, 6) is 0.0434. The predicted molar refractivity (Wildman–Crippen MR) is 53.8 cm³/mol. The van der Waals surface area contributed by atoms with Crippen LogP contribution in [0.3, 0.4) is 0 Å². The minimum atomic E-state index is 0.0434. The van der Waals surface area contributed by atoms with Crippen LogP contribution in [0.25, 0.3) is 0 Å². The molecule has 0 aliphatic carbocycles. The maximum atomic E-state index is 11.5. The van der Waals surface area contributed by atoms with Gasteiger partial charge in [-0.2, -0.15) is 0 Å². The Bertz CT molecular complexity index is 271. The molecule has 14 heavy (non-hydrogen) atoms. The Hall–Kier alpha value is -0.830. The van der Waals surface area contributed by atoms with Gasteiger partial charge in [0.2, 0.25) is 5.91 Å². The van der Waals surface area contributed by atoms with E-state index in [0.29, 0.717) is 0 Å². The summed E-state index contributed by atoms with van der Waals surface area (Å²) in [5, 5.41) is 0. The quantitative estimate of drug-likeness (QED) is 0.585. The van der Waals surface area contributed by atoms with Crippen molar-refractivity contribution in [1.29, 1.82) is 0 Å². The van der Waals surface area contributed by atoms with Crippen molar-refractivity contribution in [3.8, 4) is 0 Å². The largest absolute Gasteiger partial charge is 0.380 e. The Labute approximate surface area is 84.7 Å². The highest BCUT2D eigenvalue weighted by Gasteiger charge is 2.56. The van der Waals surface area contributed by atoms with E-state index in [-0.39, 0.29) is 16.7 Å². The van der Waals surface area contributed by atoms with Crippen molar-refractivity contribution in [2.45, 2.75) is 13.8 Å². The molecule has 2 aliphatic heterocycles. The lowest BCUT2D eigenvalue weighted by molar-refractivity contribution is -0.125. The Balaban J connectivity index is 2.20. The van der Waals surface area contributed by atoms with E-state index in [2.05, 4.69) is 20.4 Å². The number of fused-ring (bicyclic) bond motifs is 1. The third-order valence-corrected chi connectivity index (χ3v) is 3.86. The molecule has 2 fully saturated rings. The second-order valence-corrected chi connectivity index (χ2v) is 5.01. The van der Waals surface area contributed by atoms with E-state index in [0.717, 1.165) is 26.3 Å². The zero-order valence-electron chi connectivity index (χ0n) is 8.88. The molecule has 2 atom stereocenters. The molecule has 0 unspecified atom stereocenters. The summed E-state index contributed by atoms with van der Waals surface area (Å²) in [4.78, 5) is 13.4. The molecule has 2 saturated heterocycles. The fraction of sp³-hybridized carbons (Fsp3) is 0.727. The Morgan fingerprint density at radius 2 is 1.86 bits per heavy atom. The topological polar surface area (TPSA) is 29.5 Å². The molecule has 3 heteroatoms. The normalized spacial score (nSPS) is 41.1. The summed E-state index contributed by atoms with van der Waals surface area (Å²) in [6, 6.07) is 0. The summed E-state index contributed by atoms with van der Waals surface area (Å²) in [7, 11) is 0. The summed E-state index contributed by atoms with van der Waals surface area (Å²) in [5.41, 5.74) is 0.261. The number of ether oxygens (including phenoxy) is 1. The summed E-state index contributed by atoms with van der Waals surface area (Å²) in [6.45, 7) is 11.1. The van der Waals surface area contributed by atoms with E-state index in [1.807, 2.05) is 4.90 Å². The van der Waals surface area contributed by atoms with Gasteiger partial charge < -0.3 is 9.64 Å². The highest BCUT2D eigenvalue weighted by atomic mass is 16.5. The molecule has 0 aromatic rings. The Morgan fingerprint density at radius 1 is 1.36 bits per heavy atom. The first kappa shape index (κ1) is 9.71. The molecule has 2 heterocycles. The lowest BCUT2D eigenvalue weighted by atomic mass is 9.71. The fourth-order valence-electron chi connectivity index (χ4n) is 2.51. The summed E-state index contributed by atoms with van der Waals surface area (Å²) >= 11 is 0. The van der Waals surface area contributed by atoms with Crippen LogP contribution in [0.15, 0.2) is 12.7 Å². The van der Waals surface area contributed by atoms with Crippen molar-refractivity contribution in [3.05, 3.63) is 12.7 Å². The van der Waals surface area contributed by atoms with Gasteiger partial charge in [-0.25, -0.2) is 0 Å². The second kappa shape index (κ2) is 2.83. The average Bonchev–Trinajstić information content (AvgIpc) is 2.52. The standard InChI is InChI=1S/C11H17NO2/c1-4-9(13)12-5-10(2)7-14-8-11(10,3)6-12/h4H,1,5-8H2,2-3H3/t10-,11+. The van der Waals surface area contributed by atoms with Crippen LogP contribution in [-0.4, -0.2) is 37.1 Å². The molecule has 0 bridgehead atoms. The van der Waals surface area contributed by atoms with Gasteiger partial charge in [-0.3, -0.25) is 4.79 Å². The number of hydrogen-bond acceptors (Lipinski definition) is 2. The van der Waals surface area contributed by atoms with Crippen LogP contribution >= 0.6 is 0 Å². The fourth-order valence-corrected chi connectivity index (χ4v) is 2.51. The van der Waals surface area contributed by atoms with Crippen molar-refractivity contribution in [2.75, 3.05) is 26.3 Å². The SMILES string of the molecule is C=CC(=O)N1C[C@]2(C)COC[C@]2(C)C1. The molecular weight excluding hydrogens is 178 g/mol. The van der Waals surface area contributed by atoms with Crippen LogP contribution in [0.2, 0.25) is 0 Å². The first-order valence-electron chi connectivity index (χ1n) is 5.00. The number of amides is 1. The summed E-state index contributed by atoms with van der Waals surface area (Å²) in [6.07, 6.45) is 1.40. The predicted octanol–water partition coefficient (Wildman–Crippen LogP) is 1.06. The van der Waals surface area contributed by atoms with E-state index in [4.69, 9.17) is 4.74 Å². The monoisotopic (exact) mass is 195 g/mol.